The minimum Gasteiger partial charge on any atom is -0.493 e. The molecule has 1 saturated carbocycles. The van der Waals surface area contributed by atoms with Crippen LogP contribution in [0.4, 0.5) is 4.79 Å². The predicted molar refractivity (Wildman–Crippen MR) is 137 cm³/mol. The number of thiocarbonyl (C=S) groups is 1. The number of oxime groups is 1. The lowest BCUT2D eigenvalue weighted by Crippen LogP contribution is -2.52. The van der Waals surface area contributed by atoms with Crippen molar-refractivity contribution in [2.75, 3.05) is 34.4 Å². The van der Waals surface area contributed by atoms with E-state index in [1.54, 1.807) is 20.3 Å². The Hall–Kier alpha value is -2.75. The standard InChI is InChI=1S/C25H36N4O5S/c1-28(19-7-5-4-6-8-19)24(35)29-13-11-25(12-14-29)16-22(27-34-25)33-23(30)26-17-18-9-10-20(31-2)21(15-18)32-3/h9-10,15,19H,4-8,11-14,16-17H2,1-3H3,(H,26,30). The molecule has 1 aromatic carbocycles. The van der Waals surface area contributed by atoms with E-state index in [0.717, 1.165) is 36.6 Å². The van der Waals surface area contributed by atoms with Gasteiger partial charge in [0.15, 0.2) is 16.6 Å². The number of carbonyl (C=O) groups excluding carboxylic acids is 1. The lowest BCUT2D eigenvalue weighted by molar-refractivity contribution is -0.0533. The molecular formula is C25H36N4O5S. The van der Waals surface area contributed by atoms with Gasteiger partial charge in [0.2, 0.25) is 5.90 Å². The fourth-order valence-corrected chi connectivity index (χ4v) is 5.40. The van der Waals surface area contributed by atoms with Crippen LogP contribution in [0.15, 0.2) is 23.4 Å². The number of carbonyl (C=O) groups is 1. The van der Waals surface area contributed by atoms with Crippen LogP contribution in [0.1, 0.15) is 56.9 Å². The number of alkyl carbamates (subject to hydrolysis) is 1. The molecule has 1 aliphatic carbocycles. The van der Waals surface area contributed by atoms with Crippen LogP contribution < -0.4 is 14.8 Å². The Kier molecular flexibility index (Phi) is 8.20. The number of rotatable bonds is 5. The lowest BCUT2D eigenvalue weighted by atomic mass is 9.88. The summed E-state index contributed by atoms with van der Waals surface area (Å²) in [6.07, 6.45) is 7.85. The van der Waals surface area contributed by atoms with Crippen molar-refractivity contribution in [2.24, 2.45) is 5.16 Å². The molecule has 10 heteroatoms. The molecule has 2 heterocycles. The number of piperidine rings is 1. The quantitative estimate of drug-likeness (QED) is 0.602. The summed E-state index contributed by atoms with van der Waals surface area (Å²) in [4.78, 5) is 22.7. The summed E-state index contributed by atoms with van der Waals surface area (Å²) in [5.74, 6) is 1.55. The lowest BCUT2D eigenvalue weighted by Gasteiger charge is -2.42. The highest BCUT2D eigenvalue weighted by Crippen LogP contribution is 2.35. The molecule has 0 unspecified atom stereocenters. The van der Waals surface area contributed by atoms with Crippen LogP contribution >= 0.6 is 12.2 Å². The van der Waals surface area contributed by atoms with Gasteiger partial charge in [-0.1, -0.05) is 30.5 Å². The van der Waals surface area contributed by atoms with Gasteiger partial charge in [0.05, 0.1) is 20.6 Å². The number of likely N-dealkylation sites (tertiary alicyclic amines) is 1. The first-order valence-corrected chi connectivity index (χ1v) is 12.8. The largest absolute Gasteiger partial charge is 0.493 e. The normalized spacial score (nSPS) is 19.5. The number of methoxy groups -OCH3 is 2. The first-order chi connectivity index (χ1) is 16.9. The van der Waals surface area contributed by atoms with Crippen molar-refractivity contribution in [3.63, 3.8) is 0 Å². The van der Waals surface area contributed by atoms with Gasteiger partial charge in [0, 0.05) is 45.6 Å². The Morgan fingerprint density at radius 2 is 1.91 bits per heavy atom. The Balaban J connectivity index is 1.21. The molecule has 0 radical (unpaired) electrons. The number of ether oxygens (including phenoxy) is 3. The fraction of sp³-hybridized carbons (Fsp3) is 0.640. The van der Waals surface area contributed by atoms with E-state index < -0.39 is 11.7 Å². The van der Waals surface area contributed by atoms with Crippen LogP contribution in [0.25, 0.3) is 0 Å². The molecule has 2 fully saturated rings. The summed E-state index contributed by atoms with van der Waals surface area (Å²) in [5, 5.41) is 7.75. The fourth-order valence-electron chi connectivity index (χ4n) is 5.07. The second kappa shape index (κ2) is 11.3. The zero-order chi connectivity index (χ0) is 24.8. The first kappa shape index (κ1) is 25.3. The van der Waals surface area contributed by atoms with Gasteiger partial charge in [-0.2, -0.15) is 0 Å². The van der Waals surface area contributed by atoms with Crippen LogP contribution in [0, 0.1) is 0 Å². The molecule has 1 amide bonds. The molecule has 1 spiro atoms. The van der Waals surface area contributed by atoms with E-state index in [0.29, 0.717) is 36.4 Å². The highest BCUT2D eigenvalue weighted by atomic mass is 32.1. The summed E-state index contributed by atoms with van der Waals surface area (Å²) in [5.41, 5.74) is 0.441. The van der Waals surface area contributed by atoms with E-state index in [1.165, 1.54) is 32.1 Å². The predicted octanol–water partition coefficient (Wildman–Crippen LogP) is 4.05. The summed E-state index contributed by atoms with van der Waals surface area (Å²) >= 11 is 5.81. The van der Waals surface area contributed by atoms with Crippen LogP contribution in [0.3, 0.4) is 0 Å². The minimum absolute atomic E-state index is 0.291. The van der Waals surface area contributed by atoms with Crippen LogP contribution in [0.2, 0.25) is 0 Å². The average molecular weight is 505 g/mol. The molecule has 1 N–H and O–H groups in total. The third-order valence-corrected chi connectivity index (χ3v) is 7.83. The topological polar surface area (TPSA) is 84.9 Å². The Bertz CT molecular complexity index is 942. The van der Waals surface area contributed by atoms with Gasteiger partial charge in [-0.25, -0.2) is 4.79 Å². The maximum Gasteiger partial charge on any atom is 0.414 e. The van der Waals surface area contributed by atoms with Gasteiger partial charge < -0.3 is 34.2 Å². The molecule has 9 nitrogen and oxygen atoms in total. The molecular weight excluding hydrogens is 468 g/mol. The van der Waals surface area contributed by atoms with Crippen molar-refractivity contribution in [3.8, 4) is 11.5 Å². The summed E-state index contributed by atoms with van der Waals surface area (Å²) in [6.45, 7) is 1.91. The zero-order valence-corrected chi connectivity index (χ0v) is 21.7. The van der Waals surface area contributed by atoms with Gasteiger partial charge in [-0.3, -0.25) is 0 Å². The summed E-state index contributed by atoms with van der Waals surface area (Å²) in [6, 6.07) is 6.02. The second-order valence-electron chi connectivity index (χ2n) is 9.54. The van der Waals surface area contributed by atoms with Crippen LogP contribution in [0.5, 0.6) is 11.5 Å². The third-order valence-electron chi connectivity index (χ3n) is 7.28. The second-order valence-corrected chi connectivity index (χ2v) is 9.91. The number of nitrogens with one attached hydrogen (secondary N) is 1. The minimum atomic E-state index is -0.563. The molecule has 1 aromatic rings. The van der Waals surface area contributed by atoms with Gasteiger partial charge >= 0.3 is 6.09 Å². The zero-order valence-electron chi connectivity index (χ0n) is 20.9. The Labute approximate surface area is 212 Å². The van der Waals surface area contributed by atoms with E-state index in [2.05, 4.69) is 27.3 Å². The molecule has 0 bridgehead atoms. The first-order valence-electron chi connectivity index (χ1n) is 12.4. The number of amides is 1. The molecule has 35 heavy (non-hydrogen) atoms. The maximum absolute atomic E-state index is 12.3. The van der Waals surface area contributed by atoms with E-state index in [1.807, 2.05) is 12.1 Å². The maximum atomic E-state index is 12.3. The van der Waals surface area contributed by atoms with Gasteiger partial charge in [0.1, 0.15) is 5.60 Å². The molecule has 0 atom stereocenters. The van der Waals surface area contributed by atoms with Crippen molar-refractivity contribution in [2.45, 2.75) is 69.6 Å². The molecule has 192 valence electrons. The van der Waals surface area contributed by atoms with Gasteiger partial charge in [0.25, 0.3) is 0 Å². The van der Waals surface area contributed by atoms with Crippen LogP contribution in [-0.2, 0) is 16.1 Å². The number of hydrogen-bond donors (Lipinski definition) is 1. The number of hydrogen-bond acceptors (Lipinski definition) is 7. The SMILES string of the molecule is COc1ccc(CNC(=O)OC2=NOC3(CCN(C(=S)N(C)C4CCCCC4)CC3)C2)cc1OC. The molecule has 1 saturated heterocycles. The molecule has 4 rings (SSSR count). The van der Waals surface area contributed by atoms with Crippen molar-refractivity contribution in [1.29, 1.82) is 0 Å². The summed E-state index contributed by atoms with van der Waals surface area (Å²) < 4.78 is 16.0. The highest BCUT2D eigenvalue weighted by molar-refractivity contribution is 7.80. The Morgan fingerprint density at radius 3 is 2.60 bits per heavy atom. The molecule has 2 aliphatic heterocycles. The molecule has 0 aromatic heterocycles. The Morgan fingerprint density at radius 1 is 1.20 bits per heavy atom. The van der Waals surface area contributed by atoms with Gasteiger partial charge in [-0.15, -0.1) is 0 Å². The number of nitrogens with zero attached hydrogens (tertiary/aromatic N) is 3. The van der Waals surface area contributed by atoms with E-state index >= 15 is 0 Å². The average Bonchev–Trinajstić information content (AvgIpc) is 3.28. The van der Waals surface area contributed by atoms with Crippen molar-refractivity contribution in [1.82, 2.24) is 15.1 Å². The van der Waals surface area contributed by atoms with Crippen molar-refractivity contribution < 1.29 is 23.8 Å². The van der Waals surface area contributed by atoms with E-state index in [-0.39, 0.29) is 0 Å². The van der Waals surface area contributed by atoms with Crippen molar-refractivity contribution in [3.05, 3.63) is 23.8 Å². The van der Waals surface area contributed by atoms with Gasteiger partial charge in [-0.05, 0) is 42.8 Å². The monoisotopic (exact) mass is 504 g/mol. The van der Waals surface area contributed by atoms with E-state index in [9.17, 15) is 4.79 Å². The molecule has 3 aliphatic rings. The smallest absolute Gasteiger partial charge is 0.414 e. The third kappa shape index (κ3) is 6.09. The van der Waals surface area contributed by atoms with Crippen molar-refractivity contribution >= 4 is 29.3 Å². The van der Waals surface area contributed by atoms with E-state index in [4.69, 9.17) is 31.3 Å². The number of benzene rings is 1. The van der Waals surface area contributed by atoms with Crippen LogP contribution in [-0.4, -0.2) is 72.9 Å². The highest BCUT2D eigenvalue weighted by Gasteiger charge is 2.44. The summed E-state index contributed by atoms with van der Waals surface area (Å²) in [7, 11) is 5.28.